The van der Waals surface area contributed by atoms with Crippen LogP contribution in [-0.2, 0) is 19.7 Å². The molecule has 0 aliphatic carbocycles. The van der Waals surface area contributed by atoms with E-state index < -0.39 is 15.9 Å². The number of hydroxylamine groups is 1. The minimum absolute atomic E-state index is 0.111. The van der Waals surface area contributed by atoms with Crippen molar-refractivity contribution in [1.82, 2.24) is 10.2 Å². The average Bonchev–Trinajstić information content (AvgIpc) is 2.28. The molecule has 0 saturated heterocycles. The Morgan fingerprint density at radius 2 is 1.94 bits per heavy atom. The lowest BCUT2D eigenvalue weighted by molar-refractivity contribution is -0.130. The molecule has 7 heteroatoms. The summed E-state index contributed by atoms with van der Waals surface area (Å²) in [6.07, 6.45) is 0. The van der Waals surface area contributed by atoms with Crippen molar-refractivity contribution in [2.24, 2.45) is 0 Å². The van der Waals surface area contributed by atoms with E-state index in [4.69, 9.17) is 0 Å². The molecule has 6 nitrogen and oxygen atoms in total. The number of sulfonamides is 1. The molecule has 1 amide bonds. The van der Waals surface area contributed by atoms with Gasteiger partial charge in [0.1, 0.15) is 0 Å². The number of carbonyl (C=O) groups is 1. The number of rotatable bonds is 5. The maximum atomic E-state index is 11.6. The molecule has 0 radical (unpaired) electrons. The molecule has 0 heterocycles. The van der Waals surface area contributed by atoms with Gasteiger partial charge in [0, 0.05) is 0 Å². The van der Waals surface area contributed by atoms with Gasteiger partial charge in [-0.05, 0) is 12.1 Å². The Labute approximate surface area is 93.6 Å². The lowest BCUT2D eigenvalue weighted by Crippen LogP contribution is -2.36. The Bertz CT molecular complexity index is 444. The van der Waals surface area contributed by atoms with Crippen LogP contribution < -0.4 is 10.2 Å². The van der Waals surface area contributed by atoms with Crippen LogP contribution in [0.5, 0.6) is 0 Å². The first kappa shape index (κ1) is 12.6. The van der Waals surface area contributed by atoms with Gasteiger partial charge in [-0.3, -0.25) is 9.63 Å². The van der Waals surface area contributed by atoms with Gasteiger partial charge in [-0.25, -0.2) is 18.6 Å². The highest BCUT2D eigenvalue weighted by molar-refractivity contribution is 7.89. The van der Waals surface area contributed by atoms with Crippen molar-refractivity contribution in [1.29, 1.82) is 0 Å². The van der Waals surface area contributed by atoms with E-state index in [-0.39, 0.29) is 11.4 Å². The van der Waals surface area contributed by atoms with E-state index >= 15 is 0 Å². The molecule has 2 N–H and O–H groups in total. The molecular weight excluding hydrogens is 232 g/mol. The lowest BCUT2D eigenvalue weighted by atomic mass is 10.4. The van der Waals surface area contributed by atoms with Gasteiger partial charge in [0.15, 0.2) is 0 Å². The van der Waals surface area contributed by atoms with Crippen LogP contribution in [-0.4, -0.2) is 28.0 Å². The Balaban J connectivity index is 2.64. The normalized spacial score (nSPS) is 11.1. The third-order valence-electron chi connectivity index (χ3n) is 1.69. The Hall–Kier alpha value is -1.44. The second-order valence-electron chi connectivity index (χ2n) is 2.87. The molecule has 0 aliphatic rings. The summed E-state index contributed by atoms with van der Waals surface area (Å²) < 4.78 is 25.4. The second-order valence-corrected chi connectivity index (χ2v) is 4.63. The fourth-order valence-electron chi connectivity index (χ4n) is 0.993. The van der Waals surface area contributed by atoms with Crippen molar-refractivity contribution in [2.75, 3.05) is 13.7 Å². The summed E-state index contributed by atoms with van der Waals surface area (Å²) in [5.74, 6) is -0.568. The predicted molar refractivity (Wildman–Crippen MR) is 56.8 cm³/mol. The third-order valence-corrected chi connectivity index (χ3v) is 3.11. The minimum Gasteiger partial charge on any atom is -0.277 e. The minimum atomic E-state index is -3.64. The number of hydrogen-bond donors (Lipinski definition) is 2. The Morgan fingerprint density at radius 3 is 2.50 bits per heavy atom. The fraction of sp³-hybridized carbons (Fsp3) is 0.222. The first-order valence-corrected chi connectivity index (χ1v) is 5.91. The largest absolute Gasteiger partial charge is 0.277 e. The lowest BCUT2D eigenvalue weighted by Gasteiger charge is -2.06. The number of nitrogens with one attached hydrogen (secondary N) is 2. The summed E-state index contributed by atoms with van der Waals surface area (Å²) in [6, 6.07) is 7.79. The molecule has 16 heavy (non-hydrogen) atoms. The summed E-state index contributed by atoms with van der Waals surface area (Å²) in [7, 11) is -2.37. The maximum absolute atomic E-state index is 11.6. The van der Waals surface area contributed by atoms with E-state index in [1.165, 1.54) is 19.2 Å². The van der Waals surface area contributed by atoms with Gasteiger partial charge in [0.2, 0.25) is 10.0 Å². The van der Waals surface area contributed by atoms with Crippen LogP contribution in [0.15, 0.2) is 35.2 Å². The van der Waals surface area contributed by atoms with Gasteiger partial charge in [-0.1, -0.05) is 18.2 Å². The maximum Gasteiger partial charge on any atom is 0.258 e. The van der Waals surface area contributed by atoms with Crippen molar-refractivity contribution >= 4 is 15.9 Å². The molecule has 0 fully saturated rings. The highest BCUT2D eigenvalue weighted by Crippen LogP contribution is 2.06. The van der Waals surface area contributed by atoms with Crippen molar-refractivity contribution in [3.05, 3.63) is 30.3 Å². The molecule has 1 rings (SSSR count). The average molecular weight is 244 g/mol. The molecule has 0 aromatic heterocycles. The van der Waals surface area contributed by atoms with E-state index in [0.717, 1.165) is 0 Å². The highest BCUT2D eigenvalue weighted by Gasteiger charge is 2.14. The molecular formula is C9H12N2O4S. The summed E-state index contributed by atoms with van der Waals surface area (Å²) in [5, 5.41) is 0. The zero-order chi connectivity index (χ0) is 12.0. The van der Waals surface area contributed by atoms with E-state index in [1.54, 1.807) is 18.2 Å². The number of hydrogen-bond acceptors (Lipinski definition) is 4. The first-order chi connectivity index (χ1) is 7.56. The quantitative estimate of drug-likeness (QED) is 0.693. The van der Waals surface area contributed by atoms with Crippen molar-refractivity contribution in [3.8, 4) is 0 Å². The van der Waals surface area contributed by atoms with Gasteiger partial charge < -0.3 is 0 Å². The van der Waals surface area contributed by atoms with Gasteiger partial charge in [-0.2, -0.15) is 0 Å². The fourth-order valence-corrected chi connectivity index (χ4v) is 2.00. The standard InChI is InChI=1S/C9H12N2O4S/c1-15-11-9(12)7-10-16(13,14)8-5-3-2-4-6-8/h2-6,10H,7H2,1H3,(H,11,12). The molecule has 0 unspecified atom stereocenters. The number of carbonyl (C=O) groups excluding carboxylic acids is 1. The summed E-state index contributed by atoms with van der Waals surface area (Å²) in [6.45, 7) is -0.370. The Morgan fingerprint density at radius 1 is 1.31 bits per heavy atom. The second kappa shape index (κ2) is 5.59. The predicted octanol–water partition coefficient (Wildman–Crippen LogP) is -0.357. The van der Waals surface area contributed by atoms with E-state index in [2.05, 4.69) is 9.56 Å². The van der Waals surface area contributed by atoms with Gasteiger partial charge in [0.25, 0.3) is 5.91 Å². The molecule has 0 atom stereocenters. The summed E-state index contributed by atoms with van der Waals surface area (Å²) in [4.78, 5) is 15.4. The van der Waals surface area contributed by atoms with E-state index in [9.17, 15) is 13.2 Å². The van der Waals surface area contributed by atoms with Crippen LogP contribution in [0.3, 0.4) is 0 Å². The molecule has 88 valence electrons. The van der Waals surface area contributed by atoms with Gasteiger partial charge in [0.05, 0.1) is 18.6 Å². The van der Waals surface area contributed by atoms with Crippen LogP contribution >= 0.6 is 0 Å². The van der Waals surface area contributed by atoms with Crippen LogP contribution in [0, 0.1) is 0 Å². The smallest absolute Gasteiger partial charge is 0.258 e. The molecule has 0 saturated carbocycles. The van der Waals surface area contributed by atoms with Gasteiger partial charge >= 0.3 is 0 Å². The summed E-state index contributed by atoms with van der Waals surface area (Å²) >= 11 is 0. The van der Waals surface area contributed by atoms with E-state index in [1.807, 2.05) is 5.48 Å². The SMILES string of the molecule is CONC(=O)CNS(=O)(=O)c1ccccc1. The third kappa shape index (κ3) is 3.61. The van der Waals surface area contributed by atoms with Crippen LogP contribution in [0.2, 0.25) is 0 Å². The van der Waals surface area contributed by atoms with Gasteiger partial charge in [-0.15, -0.1) is 0 Å². The molecule has 0 aliphatic heterocycles. The number of benzene rings is 1. The zero-order valence-electron chi connectivity index (χ0n) is 8.64. The molecule has 0 bridgehead atoms. The van der Waals surface area contributed by atoms with Crippen molar-refractivity contribution < 1.29 is 18.0 Å². The molecule has 0 spiro atoms. The van der Waals surface area contributed by atoms with Crippen molar-refractivity contribution in [3.63, 3.8) is 0 Å². The zero-order valence-corrected chi connectivity index (χ0v) is 9.45. The monoisotopic (exact) mass is 244 g/mol. The highest BCUT2D eigenvalue weighted by atomic mass is 32.2. The van der Waals surface area contributed by atoms with Crippen LogP contribution in [0.1, 0.15) is 0 Å². The molecule has 1 aromatic rings. The van der Waals surface area contributed by atoms with Crippen LogP contribution in [0.25, 0.3) is 0 Å². The molecule has 1 aromatic carbocycles. The number of amides is 1. The Kier molecular flexibility index (Phi) is 4.41. The summed E-state index contributed by atoms with van der Waals surface area (Å²) in [5.41, 5.74) is 2.00. The van der Waals surface area contributed by atoms with Crippen molar-refractivity contribution in [2.45, 2.75) is 4.90 Å². The first-order valence-electron chi connectivity index (χ1n) is 4.43. The van der Waals surface area contributed by atoms with Crippen LogP contribution in [0.4, 0.5) is 0 Å². The topological polar surface area (TPSA) is 84.5 Å². The van der Waals surface area contributed by atoms with E-state index in [0.29, 0.717) is 0 Å².